The van der Waals surface area contributed by atoms with Gasteiger partial charge >= 0.3 is 0 Å². The van der Waals surface area contributed by atoms with E-state index in [2.05, 4.69) is 5.32 Å². The van der Waals surface area contributed by atoms with Gasteiger partial charge in [-0.3, -0.25) is 9.59 Å². The number of nitrogens with zero attached hydrogens (tertiary/aromatic N) is 2. The maximum atomic E-state index is 12.6. The average molecular weight is 320 g/mol. The Bertz CT molecular complexity index is 384. The van der Waals surface area contributed by atoms with Crippen molar-refractivity contribution in [3.05, 3.63) is 0 Å². The number of thioether (sulfide) groups is 1. The third-order valence-corrected chi connectivity index (χ3v) is 5.50. The van der Waals surface area contributed by atoms with E-state index in [1.54, 1.807) is 16.7 Å². The quantitative estimate of drug-likeness (QED) is 0.800. The Kier molecular flexibility index (Phi) is 5.20. The van der Waals surface area contributed by atoms with Crippen LogP contribution in [-0.2, 0) is 9.59 Å². The first kappa shape index (κ1) is 15.9. The lowest BCUT2D eigenvalue weighted by atomic mass is 10.0. The lowest BCUT2D eigenvalue weighted by molar-refractivity contribution is -0.142. The molecule has 0 radical (unpaired) electrons. The van der Waals surface area contributed by atoms with Crippen molar-refractivity contribution in [2.45, 2.75) is 19.4 Å². The number of likely N-dealkylation sites (tertiary alicyclic amines) is 1. The molecule has 0 spiro atoms. The molecule has 0 aromatic carbocycles. The van der Waals surface area contributed by atoms with Crippen molar-refractivity contribution in [2.24, 2.45) is 11.8 Å². The molecule has 3 fully saturated rings. The van der Waals surface area contributed by atoms with E-state index in [0.717, 1.165) is 31.9 Å². The number of nitrogens with one attached hydrogen (secondary N) is 1. The zero-order valence-electron chi connectivity index (χ0n) is 11.7. The van der Waals surface area contributed by atoms with E-state index >= 15 is 0 Å². The summed E-state index contributed by atoms with van der Waals surface area (Å²) in [6, 6.07) is -0.218. The molecular weight excluding hydrogens is 298 g/mol. The Morgan fingerprint density at radius 1 is 1.25 bits per heavy atom. The SMILES string of the molecule is CCC(=O)N1CSCC1C(=O)N1C[C@H]2CNC[C@H]2C1.Cl. The van der Waals surface area contributed by atoms with Gasteiger partial charge in [0.25, 0.3) is 0 Å². The standard InChI is InChI=1S/C13H21N3O2S.ClH/c1-2-12(17)16-8-19-7-11(16)13(18)15-5-9-3-14-4-10(9)6-15;/h9-11,14H,2-8H2,1H3;1H/t9-,10+,11?;. The summed E-state index contributed by atoms with van der Waals surface area (Å²) >= 11 is 1.69. The van der Waals surface area contributed by atoms with E-state index in [4.69, 9.17) is 0 Å². The van der Waals surface area contributed by atoms with Gasteiger partial charge < -0.3 is 15.1 Å². The van der Waals surface area contributed by atoms with Gasteiger partial charge in [0.05, 0.1) is 5.88 Å². The van der Waals surface area contributed by atoms with Crippen LogP contribution in [0.2, 0.25) is 0 Å². The Hall–Kier alpha value is -0.460. The molecule has 0 aromatic rings. The largest absolute Gasteiger partial charge is 0.340 e. The third-order valence-electron chi connectivity index (χ3n) is 4.49. The van der Waals surface area contributed by atoms with Crippen LogP contribution < -0.4 is 5.32 Å². The van der Waals surface area contributed by atoms with Gasteiger partial charge in [0.1, 0.15) is 6.04 Å². The highest BCUT2D eigenvalue weighted by molar-refractivity contribution is 7.99. The van der Waals surface area contributed by atoms with Crippen LogP contribution in [0.1, 0.15) is 13.3 Å². The highest BCUT2D eigenvalue weighted by Crippen LogP contribution is 2.29. The molecule has 0 bridgehead atoms. The summed E-state index contributed by atoms with van der Waals surface area (Å²) in [7, 11) is 0. The summed E-state index contributed by atoms with van der Waals surface area (Å²) in [4.78, 5) is 28.2. The van der Waals surface area contributed by atoms with Crippen molar-refractivity contribution in [1.82, 2.24) is 15.1 Å². The highest BCUT2D eigenvalue weighted by atomic mass is 35.5. The molecule has 20 heavy (non-hydrogen) atoms. The highest BCUT2D eigenvalue weighted by Gasteiger charge is 2.42. The van der Waals surface area contributed by atoms with E-state index in [1.807, 2.05) is 11.8 Å². The normalized spacial score (nSPS) is 32.1. The van der Waals surface area contributed by atoms with Crippen molar-refractivity contribution in [3.8, 4) is 0 Å². The molecule has 3 rings (SSSR count). The molecule has 0 saturated carbocycles. The monoisotopic (exact) mass is 319 g/mol. The fourth-order valence-corrected chi connectivity index (χ4v) is 4.51. The van der Waals surface area contributed by atoms with Crippen LogP contribution >= 0.6 is 24.2 Å². The number of rotatable bonds is 2. The molecule has 1 unspecified atom stereocenters. The summed E-state index contributed by atoms with van der Waals surface area (Å²) in [5, 5.41) is 3.38. The molecule has 114 valence electrons. The second-order valence-electron chi connectivity index (χ2n) is 5.65. The second-order valence-corrected chi connectivity index (χ2v) is 6.65. The van der Waals surface area contributed by atoms with Gasteiger partial charge in [-0.05, 0) is 11.8 Å². The summed E-state index contributed by atoms with van der Waals surface area (Å²) in [6.07, 6.45) is 0.486. The van der Waals surface area contributed by atoms with Crippen molar-refractivity contribution in [2.75, 3.05) is 37.8 Å². The maximum Gasteiger partial charge on any atom is 0.246 e. The second kappa shape index (κ2) is 6.54. The smallest absolute Gasteiger partial charge is 0.246 e. The maximum absolute atomic E-state index is 12.6. The third kappa shape index (κ3) is 2.78. The molecule has 5 nitrogen and oxygen atoms in total. The lowest BCUT2D eigenvalue weighted by Crippen LogP contribution is -2.48. The summed E-state index contributed by atoms with van der Waals surface area (Å²) < 4.78 is 0. The van der Waals surface area contributed by atoms with Gasteiger partial charge in [-0.25, -0.2) is 0 Å². The van der Waals surface area contributed by atoms with Crippen LogP contribution in [0.15, 0.2) is 0 Å². The van der Waals surface area contributed by atoms with Crippen molar-refractivity contribution in [3.63, 3.8) is 0 Å². The minimum Gasteiger partial charge on any atom is -0.340 e. The van der Waals surface area contributed by atoms with Crippen LogP contribution in [0.3, 0.4) is 0 Å². The Balaban J connectivity index is 0.00000147. The van der Waals surface area contributed by atoms with Gasteiger partial charge in [0.2, 0.25) is 11.8 Å². The average Bonchev–Trinajstić information content (AvgIpc) is 3.10. The molecule has 3 aliphatic heterocycles. The lowest BCUT2D eigenvalue weighted by Gasteiger charge is -2.27. The molecule has 3 saturated heterocycles. The predicted molar refractivity (Wildman–Crippen MR) is 81.9 cm³/mol. The van der Waals surface area contributed by atoms with E-state index in [1.165, 1.54) is 0 Å². The molecule has 2 amide bonds. The molecular formula is C13H22ClN3O2S. The van der Waals surface area contributed by atoms with Crippen LogP contribution in [-0.4, -0.2) is 65.5 Å². The van der Waals surface area contributed by atoms with Gasteiger partial charge in [-0.1, -0.05) is 6.92 Å². The topological polar surface area (TPSA) is 52.7 Å². The molecule has 3 heterocycles. The van der Waals surface area contributed by atoms with E-state index in [0.29, 0.717) is 24.1 Å². The molecule has 3 atom stereocenters. The number of hydrogen-bond acceptors (Lipinski definition) is 4. The first-order valence-electron chi connectivity index (χ1n) is 7.07. The molecule has 0 aromatic heterocycles. The predicted octanol–water partition coefficient (Wildman–Crippen LogP) is 0.397. The zero-order chi connectivity index (χ0) is 13.4. The number of halogens is 1. The number of carbonyl (C=O) groups is 2. The zero-order valence-corrected chi connectivity index (χ0v) is 13.3. The molecule has 7 heteroatoms. The fraction of sp³-hybridized carbons (Fsp3) is 0.846. The van der Waals surface area contributed by atoms with Gasteiger partial charge in [-0.2, -0.15) is 0 Å². The molecule has 0 aliphatic carbocycles. The minimum absolute atomic E-state index is 0. The van der Waals surface area contributed by atoms with Crippen LogP contribution in [0.25, 0.3) is 0 Å². The van der Waals surface area contributed by atoms with Gasteiger partial charge in [-0.15, -0.1) is 24.2 Å². The Labute approximate surface area is 130 Å². The fourth-order valence-electron chi connectivity index (χ4n) is 3.34. The summed E-state index contributed by atoms with van der Waals surface area (Å²) in [5.41, 5.74) is 0. The van der Waals surface area contributed by atoms with E-state index < -0.39 is 0 Å². The van der Waals surface area contributed by atoms with Crippen molar-refractivity contribution < 1.29 is 9.59 Å². The van der Waals surface area contributed by atoms with E-state index in [9.17, 15) is 9.59 Å². The number of amides is 2. The van der Waals surface area contributed by atoms with Crippen LogP contribution in [0, 0.1) is 11.8 Å². The number of carbonyl (C=O) groups excluding carboxylic acids is 2. The van der Waals surface area contributed by atoms with Crippen molar-refractivity contribution in [1.29, 1.82) is 0 Å². The number of hydrogen-bond donors (Lipinski definition) is 1. The van der Waals surface area contributed by atoms with Crippen LogP contribution in [0.4, 0.5) is 0 Å². The molecule has 1 N–H and O–H groups in total. The van der Waals surface area contributed by atoms with Gasteiger partial charge in [0.15, 0.2) is 0 Å². The Morgan fingerprint density at radius 2 is 1.90 bits per heavy atom. The summed E-state index contributed by atoms with van der Waals surface area (Å²) in [5.74, 6) is 2.94. The van der Waals surface area contributed by atoms with E-state index in [-0.39, 0.29) is 30.3 Å². The first-order valence-corrected chi connectivity index (χ1v) is 8.23. The van der Waals surface area contributed by atoms with Gasteiger partial charge in [0, 0.05) is 38.4 Å². The minimum atomic E-state index is -0.218. The Morgan fingerprint density at radius 3 is 2.50 bits per heavy atom. The molecule has 3 aliphatic rings. The first-order chi connectivity index (χ1) is 9.20. The van der Waals surface area contributed by atoms with Crippen molar-refractivity contribution >= 4 is 36.0 Å². The number of fused-ring (bicyclic) bond motifs is 1. The van der Waals surface area contributed by atoms with Crippen LogP contribution in [0.5, 0.6) is 0 Å². The summed E-state index contributed by atoms with van der Waals surface area (Å²) in [6.45, 7) is 5.66.